The van der Waals surface area contributed by atoms with Crippen molar-refractivity contribution in [3.8, 4) is 5.75 Å². The van der Waals surface area contributed by atoms with Crippen LogP contribution < -0.4 is 10.1 Å². The summed E-state index contributed by atoms with van der Waals surface area (Å²) in [6.07, 6.45) is 5.49. The molecule has 1 heterocycles. The van der Waals surface area contributed by atoms with Crippen molar-refractivity contribution < 1.29 is 23.9 Å². The molecule has 2 amide bonds. The molecule has 1 saturated heterocycles. The Morgan fingerprint density at radius 2 is 1.70 bits per heavy atom. The lowest BCUT2D eigenvalue weighted by Gasteiger charge is -2.24. The first-order valence-electron chi connectivity index (χ1n) is 9.46. The number of para-hydroxylation sites is 1. The summed E-state index contributed by atoms with van der Waals surface area (Å²) in [5, 5.41) is 2.66. The number of ether oxygens (including phenoxy) is 2. The van der Waals surface area contributed by atoms with Gasteiger partial charge in [0, 0.05) is 19.6 Å². The number of carbonyl (C=O) groups is 3. The maximum atomic E-state index is 12.2. The second-order valence-corrected chi connectivity index (χ2v) is 6.52. The summed E-state index contributed by atoms with van der Waals surface area (Å²) in [6.45, 7) is 1.35. The van der Waals surface area contributed by atoms with Crippen LogP contribution in [0.15, 0.2) is 24.3 Å². The largest absolute Gasteiger partial charge is 0.496 e. The molecule has 0 spiro atoms. The average Bonchev–Trinajstić information content (AvgIpc) is 2.65. The zero-order chi connectivity index (χ0) is 19.5. The molecule has 0 unspecified atom stereocenters. The molecule has 1 aliphatic rings. The monoisotopic (exact) mass is 376 g/mol. The van der Waals surface area contributed by atoms with Crippen molar-refractivity contribution in [1.82, 2.24) is 10.2 Å². The molecule has 0 radical (unpaired) electrons. The lowest BCUT2D eigenvalue weighted by molar-refractivity contribution is -0.152. The van der Waals surface area contributed by atoms with Crippen LogP contribution in [0, 0.1) is 0 Å². The highest BCUT2D eigenvalue weighted by Crippen LogP contribution is 2.16. The van der Waals surface area contributed by atoms with E-state index in [1.165, 1.54) is 13.5 Å². The van der Waals surface area contributed by atoms with Crippen LogP contribution in [-0.2, 0) is 14.3 Å². The number of amides is 2. The van der Waals surface area contributed by atoms with E-state index < -0.39 is 5.97 Å². The van der Waals surface area contributed by atoms with E-state index in [9.17, 15) is 14.4 Å². The van der Waals surface area contributed by atoms with Gasteiger partial charge in [-0.05, 0) is 25.0 Å². The standard InChI is InChI=1S/C20H28N2O5/c1-26-17-10-6-5-9-16(17)20(25)21-12-11-19(24)27-15-18(23)22-13-7-3-2-4-8-14-22/h5-6,9-10H,2-4,7-8,11-15H2,1H3,(H,21,25). The summed E-state index contributed by atoms with van der Waals surface area (Å²) in [7, 11) is 1.49. The van der Waals surface area contributed by atoms with Gasteiger partial charge in [0.2, 0.25) is 0 Å². The van der Waals surface area contributed by atoms with Crippen LogP contribution in [-0.4, -0.2) is 56.0 Å². The summed E-state index contributed by atoms with van der Waals surface area (Å²) >= 11 is 0. The van der Waals surface area contributed by atoms with E-state index in [4.69, 9.17) is 9.47 Å². The zero-order valence-corrected chi connectivity index (χ0v) is 15.9. The van der Waals surface area contributed by atoms with Gasteiger partial charge < -0.3 is 19.7 Å². The fraction of sp³-hybridized carbons (Fsp3) is 0.550. The molecule has 2 rings (SSSR count). The molecule has 148 valence electrons. The van der Waals surface area contributed by atoms with E-state index in [0.717, 1.165) is 38.8 Å². The third-order valence-corrected chi connectivity index (χ3v) is 4.53. The van der Waals surface area contributed by atoms with Crippen molar-refractivity contribution >= 4 is 17.8 Å². The van der Waals surface area contributed by atoms with E-state index in [2.05, 4.69) is 5.32 Å². The Labute approximate surface area is 160 Å². The zero-order valence-electron chi connectivity index (χ0n) is 15.9. The Morgan fingerprint density at radius 1 is 1.04 bits per heavy atom. The van der Waals surface area contributed by atoms with Gasteiger partial charge in [-0.2, -0.15) is 0 Å². The Balaban J connectivity index is 1.68. The van der Waals surface area contributed by atoms with Gasteiger partial charge in [0.15, 0.2) is 6.61 Å². The molecule has 1 aromatic rings. The molecule has 0 saturated carbocycles. The molecule has 1 aliphatic heterocycles. The smallest absolute Gasteiger partial charge is 0.308 e. The summed E-state index contributed by atoms with van der Waals surface area (Å²) < 4.78 is 10.2. The number of esters is 1. The number of likely N-dealkylation sites (tertiary alicyclic amines) is 1. The molecular weight excluding hydrogens is 348 g/mol. The van der Waals surface area contributed by atoms with Gasteiger partial charge in [0.1, 0.15) is 5.75 Å². The van der Waals surface area contributed by atoms with E-state index in [-0.39, 0.29) is 31.4 Å². The highest BCUT2D eigenvalue weighted by Gasteiger charge is 2.17. The molecule has 7 nitrogen and oxygen atoms in total. The number of carbonyl (C=O) groups excluding carboxylic acids is 3. The SMILES string of the molecule is COc1ccccc1C(=O)NCCC(=O)OCC(=O)N1CCCCCCC1. The minimum Gasteiger partial charge on any atom is -0.496 e. The summed E-state index contributed by atoms with van der Waals surface area (Å²) in [5.74, 6) is -0.507. The van der Waals surface area contributed by atoms with Gasteiger partial charge in [0.25, 0.3) is 11.8 Å². The Morgan fingerprint density at radius 3 is 2.41 bits per heavy atom. The fourth-order valence-corrected chi connectivity index (χ4v) is 3.01. The second kappa shape index (κ2) is 11.2. The summed E-state index contributed by atoms with van der Waals surface area (Å²) in [5.41, 5.74) is 0.403. The van der Waals surface area contributed by atoms with Crippen molar-refractivity contribution in [3.05, 3.63) is 29.8 Å². The van der Waals surface area contributed by atoms with Crippen LogP contribution in [0.1, 0.15) is 48.9 Å². The van der Waals surface area contributed by atoms with Crippen LogP contribution >= 0.6 is 0 Å². The number of nitrogens with one attached hydrogen (secondary N) is 1. The van der Waals surface area contributed by atoms with Gasteiger partial charge in [0.05, 0.1) is 19.1 Å². The molecular formula is C20H28N2O5. The van der Waals surface area contributed by atoms with Crippen molar-refractivity contribution in [2.75, 3.05) is 33.4 Å². The van der Waals surface area contributed by atoms with Gasteiger partial charge in [-0.25, -0.2) is 0 Å². The third kappa shape index (κ3) is 6.92. The number of nitrogens with zero attached hydrogens (tertiary/aromatic N) is 1. The van der Waals surface area contributed by atoms with Crippen molar-refractivity contribution in [2.24, 2.45) is 0 Å². The molecule has 0 aliphatic carbocycles. The first kappa shape index (κ1) is 20.7. The molecule has 1 fully saturated rings. The van der Waals surface area contributed by atoms with Crippen molar-refractivity contribution in [1.29, 1.82) is 0 Å². The molecule has 27 heavy (non-hydrogen) atoms. The lowest BCUT2D eigenvalue weighted by atomic mass is 10.1. The van der Waals surface area contributed by atoms with Crippen LogP contribution in [0.2, 0.25) is 0 Å². The average molecular weight is 376 g/mol. The maximum absolute atomic E-state index is 12.2. The third-order valence-electron chi connectivity index (χ3n) is 4.53. The van der Waals surface area contributed by atoms with Crippen LogP contribution in [0.4, 0.5) is 0 Å². The van der Waals surface area contributed by atoms with E-state index >= 15 is 0 Å². The molecule has 0 aromatic heterocycles. The second-order valence-electron chi connectivity index (χ2n) is 6.52. The van der Waals surface area contributed by atoms with E-state index in [0.29, 0.717) is 11.3 Å². The number of rotatable bonds is 7. The van der Waals surface area contributed by atoms with Crippen molar-refractivity contribution in [3.63, 3.8) is 0 Å². The van der Waals surface area contributed by atoms with Gasteiger partial charge in [-0.3, -0.25) is 14.4 Å². The highest BCUT2D eigenvalue weighted by molar-refractivity contribution is 5.97. The molecule has 1 aromatic carbocycles. The number of hydrogen-bond acceptors (Lipinski definition) is 5. The van der Waals surface area contributed by atoms with Gasteiger partial charge in [-0.15, -0.1) is 0 Å². The Kier molecular flexibility index (Phi) is 8.61. The molecule has 7 heteroatoms. The quantitative estimate of drug-likeness (QED) is 0.737. The van der Waals surface area contributed by atoms with Crippen LogP contribution in [0.5, 0.6) is 5.75 Å². The van der Waals surface area contributed by atoms with E-state index in [1.807, 2.05) is 0 Å². The minimum atomic E-state index is -0.504. The minimum absolute atomic E-state index is 0.00810. The van der Waals surface area contributed by atoms with Gasteiger partial charge >= 0.3 is 5.97 Å². The summed E-state index contributed by atoms with van der Waals surface area (Å²) in [4.78, 5) is 37.9. The molecule has 1 N–H and O–H groups in total. The lowest BCUT2D eigenvalue weighted by Crippen LogP contribution is -2.37. The normalized spacial score (nSPS) is 14.6. The van der Waals surface area contributed by atoms with Gasteiger partial charge in [-0.1, -0.05) is 31.4 Å². The maximum Gasteiger partial charge on any atom is 0.308 e. The Hall–Kier alpha value is -2.57. The molecule has 0 atom stereocenters. The summed E-state index contributed by atoms with van der Waals surface area (Å²) in [6, 6.07) is 6.85. The van der Waals surface area contributed by atoms with Crippen LogP contribution in [0.25, 0.3) is 0 Å². The topological polar surface area (TPSA) is 84.9 Å². The Bertz CT molecular complexity index is 639. The van der Waals surface area contributed by atoms with Crippen molar-refractivity contribution in [2.45, 2.75) is 38.5 Å². The number of hydrogen-bond donors (Lipinski definition) is 1. The first-order chi connectivity index (χ1) is 13.1. The molecule has 0 bridgehead atoms. The van der Waals surface area contributed by atoms with E-state index in [1.54, 1.807) is 29.2 Å². The fourth-order valence-electron chi connectivity index (χ4n) is 3.01. The number of methoxy groups -OCH3 is 1. The predicted molar refractivity (Wildman–Crippen MR) is 101 cm³/mol. The number of benzene rings is 1. The van der Waals surface area contributed by atoms with Crippen LogP contribution in [0.3, 0.4) is 0 Å². The highest BCUT2D eigenvalue weighted by atomic mass is 16.5. The first-order valence-corrected chi connectivity index (χ1v) is 9.46. The predicted octanol–water partition coefficient (Wildman–Crippen LogP) is 2.15.